The van der Waals surface area contributed by atoms with Gasteiger partial charge in [0, 0.05) is 25.0 Å². The molecule has 16 heavy (non-hydrogen) atoms. The molecule has 0 aromatic carbocycles. The fraction of sp³-hybridized carbons (Fsp3) is 0.692. The predicted molar refractivity (Wildman–Crippen MR) is 67.5 cm³/mol. The molecule has 0 aliphatic heterocycles. The lowest BCUT2D eigenvalue weighted by Crippen LogP contribution is -2.16. The van der Waals surface area contributed by atoms with Gasteiger partial charge in [0.2, 0.25) is 0 Å². The van der Waals surface area contributed by atoms with E-state index in [4.69, 9.17) is 5.11 Å². The Morgan fingerprint density at radius 2 is 2.12 bits per heavy atom. The zero-order chi connectivity index (χ0) is 12.1. The highest BCUT2D eigenvalue weighted by atomic mass is 16.3. The molecule has 0 amide bonds. The Morgan fingerprint density at radius 1 is 1.44 bits per heavy atom. The van der Waals surface area contributed by atoms with Crippen LogP contribution in [0.3, 0.4) is 0 Å². The summed E-state index contributed by atoms with van der Waals surface area (Å²) in [4.78, 5) is 0. The minimum absolute atomic E-state index is 0.178. The van der Waals surface area contributed by atoms with Crippen LogP contribution in [-0.2, 0) is 13.6 Å². The molecule has 0 aliphatic rings. The second kappa shape index (κ2) is 6.06. The molecule has 2 N–H and O–H groups in total. The van der Waals surface area contributed by atoms with E-state index in [0.717, 1.165) is 25.9 Å². The van der Waals surface area contributed by atoms with E-state index < -0.39 is 0 Å². The fourth-order valence-corrected chi connectivity index (χ4v) is 1.86. The summed E-state index contributed by atoms with van der Waals surface area (Å²) in [5.41, 5.74) is 4.01. The summed E-state index contributed by atoms with van der Waals surface area (Å²) >= 11 is 0. The number of aliphatic hydroxyl groups is 1. The van der Waals surface area contributed by atoms with Crippen LogP contribution in [0.1, 0.15) is 36.7 Å². The molecular weight excluding hydrogens is 200 g/mol. The number of rotatable bonds is 6. The largest absolute Gasteiger partial charge is 0.393 e. The van der Waals surface area contributed by atoms with Crippen LogP contribution in [0.2, 0.25) is 0 Å². The van der Waals surface area contributed by atoms with E-state index in [1.54, 1.807) is 0 Å². The number of aromatic nitrogens is 1. The predicted octanol–water partition coefficient (Wildman–Crippen LogP) is 1.89. The van der Waals surface area contributed by atoms with Crippen molar-refractivity contribution in [3.63, 3.8) is 0 Å². The Labute approximate surface area is 98.5 Å². The maximum Gasteiger partial charge on any atom is 0.0512 e. The second-order valence-electron chi connectivity index (χ2n) is 4.62. The SMILES string of the molecule is Cc1cc(CNCCCC(C)O)c(C)n1C. The molecule has 0 saturated heterocycles. The van der Waals surface area contributed by atoms with Crippen LogP contribution in [0.15, 0.2) is 6.07 Å². The highest BCUT2D eigenvalue weighted by Gasteiger charge is 2.04. The maximum absolute atomic E-state index is 9.12. The van der Waals surface area contributed by atoms with Gasteiger partial charge in [0.25, 0.3) is 0 Å². The first kappa shape index (κ1) is 13.3. The third kappa shape index (κ3) is 3.65. The normalized spacial score (nSPS) is 13.1. The Bertz CT molecular complexity index is 329. The molecule has 3 nitrogen and oxygen atoms in total. The van der Waals surface area contributed by atoms with E-state index in [1.807, 2.05) is 6.92 Å². The van der Waals surface area contributed by atoms with E-state index in [9.17, 15) is 0 Å². The highest BCUT2D eigenvalue weighted by Crippen LogP contribution is 2.12. The van der Waals surface area contributed by atoms with Crippen molar-refractivity contribution in [2.75, 3.05) is 6.54 Å². The highest BCUT2D eigenvalue weighted by molar-refractivity contribution is 5.26. The molecule has 0 aliphatic carbocycles. The lowest BCUT2D eigenvalue weighted by atomic mass is 10.2. The quantitative estimate of drug-likeness (QED) is 0.724. The zero-order valence-corrected chi connectivity index (χ0v) is 10.9. The van der Waals surface area contributed by atoms with Crippen LogP contribution in [0.25, 0.3) is 0 Å². The van der Waals surface area contributed by atoms with Gasteiger partial charge in [-0.25, -0.2) is 0 Å². The van der Waals surface area contributed by atoms with Gasteiger partial charge in [0.1, 0.15) is 0 Å². The molecule has 1 unspecified atom stereocenters. The lowest BCUT2D eigenvalue weighted by molar-refractivity contribution is 0.181. The Hall–Kier alpha value is -0.800. The molecule has 1 aromatic heterocycles. The number of aliphatic hydroxyl groups excluding tert-OH is 1. The van der Waals surface area contributed by atoms with Crippen molar-refractivity contribution < 1.29 is 5.11 Å². The summed E-state index contributed by atoms with van der Waals surface area (Å²) in [5.74, 6) is 0. The van der Waals surface area contributed by atoms with Crippen molar-refractivity contribution in [3.05, 3.63) is 23.0 Å². The summed E-state index contributed by atoms with van der Waals surface area (Å²) in [7, 11) is 2.10. The molecule has 0 fully saturated rings. The molecule has 3 heteroatoms. The minimum atomic E-state index is -0.178. The van der Waals surface area contributed by atoms with Crippen LogP contribution in [-0.4, -0.2) is 22.3 Å². The maximum atomic E-state index is 9.12. The topological polar surface area (TPSA) is 37.2 Å². The lowest BCUT2D eigenvalue weighted by Gasteiger charge is -2.06. The summed E-state index contributed by atoms with van der Waals surface area (Å²) in [6, 6.07) is 2.23. The third-order valence-corrected chi connectivity index (χ3v) is 3.17. The van der Waals surface area contributed by atoms with Gasteiger partial charge in [-0.3, -0.25) is 0 Å². The first-order valence-corrected chi connectivity index (χ1v) is 6.03. The van der Waals surface area contributed by atoms with Crippen LogP contribution in [0.5, 0.6) is 0 Å². The summed E-state index contributed by atoms with van der Waals surface area (Å²) in [6.07, 6.45) is 1.73. The van der Waals surface area contributed by atoms with Crippen molar-refractivity contribution in [1.82, 2.24) is 9.88 Å². The summed E-state index contributed by atoms with van der Waals surface area (Å²) < 4.78 is 2.22. The van der Waals surface area contributed by atoms with E-state index in [2.05, 4.69) is 36.8 Å². The Balaban J connectivity index is 2.29. The molecule has 0 radical (unpaired) electrons. The van der Waals surface area contributed by atoms with Crippen molar-refractivity contribution in [3.8, 4) is 0 Å². The van der Waals surface area contributed by atoms with Crippen molar-refractivity contribution in [2.45, 2.75) is 46.3 Å². The van der Waals surface area contributed by atoms with Crippen molar-refractivity contribution in [2.24, 2.45) is 7.05 Å². The van der Waals surface area contributed by atoms with Gasteiger partial charge in [-0.2, -0.15) is 0 Å². The first-order chi connectivity index (χ1) is 7.52. The molecule has 1 atom stereocenters. The van der Waals surface area contributed by atoms with E-state index in [1.165, 1.54) is 17.0 Å². The van der Waals surface area contributed by atoms with E-state index in [0.29, 0.717) is 0 Å². The number of hydrogen-bond donors (Lipinski definition) is 2. The van der Waals surface area contributed by atoms with Crippen molar-refractivity contribution >= 4 is 0 Å². The van der Waals surface area contributed by atoms with Gasteiger partial charge >= 0.3 is 0 Å². The van der Waals surface area contributed by atoms with Crippen molar-refractivity contribution in [1.29, 1.82) is 0 Å². The van der Waals surface area contributed by atoms with Gasteiger partial charge in [-0.15, -0.1) is 0 Å². The Kier molecular flexibility index (Phi) is 5.03. The fourth-order valence-electron chi connectivity index (χ4n) is 1.86. The van der Waals surface area contributed by atoms with Gasteiger partial charge < -0.3 is 15.0 Å². The van der Waals surface area contributed by atoms with Crippen LogP contribution < -0.4 is 5.32 Å². The van der Waals surface area contributed by atoms with Gasteiger partial charge in [0.15, 0.2) is 0 Å². The second-order valence-corrected chi connectivity index (χ2v) is 4.62. The Morgan fingerprint density at radius 3 is 2.62 bits per heavy atom. The van der Waals surface area contributed by atoms with E-state index >= 15 is 0 Å². The molecule has 0 saturated carbocycles. The molecule has 0 bridgehead atoms. The smallest absolute Gasteiger partial charge is 0.0512 e. The molecule has 1 rings (SSSR count). The molecular formula is C13H24N2O. The van der Waals surface area contributed by atoms with Crippen LogP contribution >= 0.6 is 0 Å². The average Bonchev–Trinajstić information content (AvgIpc) is 2.45. The van der Waals surface area contributed by atoms with E-state index in [-0.39, 0.29) is 6.10 Å². The minimum Gasteiger partial charge on any atom is -0.393 e. The number of aryl methyl sites for hydroxylation is 1. The average molecular weight is 224 g/mol. The van der Waals surface area contributed by atoms with Crippen LogP contribution in [0.4, 0.5) is 0 Å². The first-order valence-electron chi connectivity index (χ1n) is 6.03. The van der Waals surface area contributed by atoms with Gasteiger partial charge in [-0.1, -0.05) is 0 Å². The number of nitrogens with one attached hydrogen (secondary N) is 1. The molecule has 1 heterocycles. The zero-order valence-electron chi connectivity index (χ0n) is 10.9. The summed E-state index contributed by atoms with van der Waals surface area (Å²) in [5, 5.41) is 12.5. The van der Waals surface area contributed by atoms with Gasteiger partial charge in [0.05, 0.1) is 6.10 Å². The molecule has 1 aromatic rings. The monoisotopic (exact) mass is 224 g/mol. The third-order valence-electron chi connectivity index (χ3n) is 3.17. The molecule has 92 valence electrons. The van der Waals surface area contributed by atoms with Crippen LogP contribution in [0, 0.1) is 13.8 Å². The number of hydrogen-bond acceptors (Lipinski definition) is 2. The standard InChI is InChI=1S/C13H24N2O/c1-10-8-13(12(3)15(10)4)9-14-7-5-6-11(2)16/h8,11,14,16H,5-7,9H2,1-4H3. The molecule has 0 spiro atoms. The number of nitrogens with zero attached hydrogens (tertiary/aromatic N) is 1. The van der Waals surface area contributed by atoms with Gasteiger partial charge in [-0.05, 0) is 51.8 Å². The summed E-state index contributed by atoms with van der Waals surface area (Å²) in [6.45, 7) is 8.01.